The van der Waals surface area contributed by atoms with Crippen molar-refractivity contribution in [3.63, 3.8) is 0 Å². The maximum Gasteiger partial charge on any atom is 0.410 e. The number of nitrogens with zero attached hydrogens (tertiary/aromatic N) is 4. The number of amides is 1. The number of rotatable bonds is 15. The summed E-state index contributed by atoms with van der Waals surface area (Å²) < 4.78 is 20.7. The first kappa shape index (κ1) is 36.4. The van der Waals surface area contributed by atoms with Crippen LogP contribution in [0.1, 0.15) is 67.5 Å². The molecule has 2 N–H and O–H groups in total. The van der Waals surface area contributed by atoms with E-state index in [1.807, 2.05) is 86.0 Å². The number of ether oxygens (including phenoxy) is 3. The Morgan fingerprint density at radius 2 is 1.68 bits per heavy atom. The number of hydrogen-bond acceptors (Lipinski definition) is 7. The monoisotopic (exact) mass is 684 g/mol. The van der Waals surface area contributed by atoms with E-state index in [2.05, 4.69) is 5.10 Å². The molecule has 5 aromatic rings. The lowest BCUT2D eigenvalue weighted by molar-refractivity contribution is 0.0296. The summed E-state index contributed by atoms with van der Waals surface area (Å²) in [4.78, 5) is 27.2. The van der Waals surface area contributed by atoms with Crippen LogP contribution >= 0.6 is 0 Å². The highest BCUT2D eigenvalue weighted by atomic mass is 16.6. The van der Waals surface area contributed by atoms with Gasteiger partial charge in [0.25, 0.3) is 0 Å². The van der Waals surface area contributed by atoms with Gasteiger partial charge in [0, 0.05) is 56.2 Å². The molecular weight excluding hydrogens is 636 g/mol. The Morgan fingerprint density at radius 1 is 0.960 bits per heavy atom. The predicted octanol–water partition coefficient (Wildman–Crippen LogP) is 7.19. The molecule has 0 radical (unpaired) electrons. The summed E-state index contributed by atoms with van der Waals surface area (Å²) in [6.07, 6.45) is 1.92. The van der Waals surface area contributed by atoms with Gasteiger partial charge in [-0.2, -0.15) is 5.10 Å². The van der Waals surface area contributed by atoms with Crippen molar-refractivity contribution in [1.29, 1.82) is 0 Å². The number of benzene rings is 3. The van der Waals surface area contributed by atoms with Gasteiger partial charge >= 0.3 is 12.1 Å². The summed E-state index contributed by atoms with van der Waals surface area (Å²) in [5, 5.41) is 28.7. The van der Waals surface area contributed by atoms with Crippen molar-refractivity contribution in [2.45, 2.75) is 71.8 Å². The smallest absolute Gasteiger partial charge is 0.410 e. The molecule has 0 fully saturated rings. The SMILES string of the molecule is COCc1nn(C)c(CO)c1-c1cccc2c(CCCOc3cccc4ccccc34)c(C(=O)O)n(CCCCN(C)C(=O)OC(C)(C)C)c12. The molecular formula is C39H48N4O7. The first-order chi connectivity index (χ1) is 23.9. The number of carboxylic acid groups (broad SMARTS) is 1. The van der Waals surface area contributed by atoms with Crippen LogP contribution < -0.4 is 4.74 Å². The number of aliphatic hydroxyl groups is 1. The number of carbonyl (C=O) groups is 2. The molecule has 266 valence electrons. The highest BCUT2D eigenvalue weighted by Gasteiger charge is 2.27. The number of carboxylic acids is 1. The van der Waals surface area contributed by atoms with E-state index in [1.165, 1.54) is 0 Å². The van der Waals surface area contributed by atoms with Gasteiger partial charge in [-0.25, -0.2) is 9.59 Å². The quantitative estimate of drug-likeness (QED) is 0.111. The maximum atomic E-state index is 13.1. The van der Waals surface area contributed by atoms with Gasteiger partial charge in [0.05, 0.1) is 36.7 Å². The van der Waals surface area contributed by atoms with E-state index in [4.69, 9.17) is 14.2 Å². The third-order valence-corrected chi connectivity index (χ3v) is 8.74. The van der Waals surface area contributed by atoms with E-state index < -0.39 is 17.7 Å². The molecule has 0 aliphatic carbocycles. The molecule has 3 aromatic carbocycles. The minimum atomic E-state index is -1.02. The van der Waals surface area contributed by atoms with Crippen LogP contribution in [0.5, 0.6) is 5.75 Å². The van der Waals surface area contributed by atoms with Crippen LogP contribution in [0.25, 0.3) is 32.8 Å². The Bertz CT molecular complexity index is 1970. The van der Waals surface area contributed by atoms with Gasteiger partial charge in [-0.15, -0.1) is 0 Å². The van der Waals surface area contributed by atoms with E-state index >= 15 is 0 Å². The molecule has 2 aromatic heterocycles. The van der Waals surface area contributed by atoms with Gasteiger partial charge < -0.3 is 33.9 Å². The van der Waals surface area contributed by atoms with Crippen LogP contribution in [0.2, 0.25) is 0 Å². The van der Waals surface area contributed by atoms with Crippen molar-refractivity contribution in [3.05, 3.63) is 83.3 Å². The standard InChI is InChI=1S/C39H48N4O7/c1-39(2,3)50-38(47)41(4)21-9-10-22-43-35-28(17-12-18-30(35)34-31(25-48-6)40-42(5)32(34)24-44)29(36(43)37(45)46)19-13-23-49-33-20-11-15-26-14-7-8-16-27(26)33/h7-8,11-12,14-18,20,44H,9-10,13,19,21-25H2,1-6H3,(H,45,46). The first-order valence-corrected chi connectivity index (χ1v) is 17.0. The number of carbonyl (C=O) groups excluding carboxylic acids is 1. The number of fused-ring (bicyclic) bond motifs is 2. The van der Waals surface area contributed by atoms with Crippen molar-refractivity contribution in [2.24, 2.45) is 7.05 Å². The molecule has 11 heteroatoms. The van der Waals surface area contributed by atoms with Crippen LogP contribution in [0, 0.1) is 0 Å². The number of aryl methyl sites for hydroxylation is 3. The molecule has 2 heterocycles. The molecule has 11 nitrogen and oxygen atoms in total. The lowest BCUT2D eigenvalue weighted by Crippen LogP contribution is -2.34. The van der Waals surface area contributed by atoms with Gasteiger partial charge in [0.15, 0.2) is 0 Å². The van der Waals surface area contributed by atoms with E-state index in [0.717, 1.165) is 44.1 Å². The topological polar surface area (TPSA) is 128 Å². The fourth-order valence-corrected chi connectivity index (χ4v) is 6.56. The highest BCUT2D eigenvalue weighted by Crippen LogP contribution is 2.39. The Balaban J connectivity index is 1.50. The van der Waals surface area contributed by atoms with Gasteiger partial charge in [-0.1, -0.05) is 54.6 Å². The first-order valence-electron chi connectivity index (χ1n) is 17.0. The van der Waals surface area contributed by atoms with Crippen LogP contribution in [0.15, 0.2) is 60.7 Å². The second-order valence-electron chi connectivity index (χ2n) is 13.5. The summed E-state index contributed by atoms with van der Waals surface area (Å²) in [6, 6.07) is 19.9. The normalized spacial score (nSPS) is 11.7. The average Bonchev–Trinajstić information content (AvgIpc) is 3.57. The minimum absolute atomic E-state index is 0.223. The molecule has 50 heavy (non-hydrogen) atoms. The summed E-state index contributed by atoms with van der Waals surface area (Å²) in [5.74, 6) is -0.227. The van der Waals surface area contributed by atoms with Crippen molar-refractivity contribution in [2.75, 3.05) is 27.3 Å². The van der Waals surface area contributed by atoms with Gasteiger partial charge in [0.1, 0.15) is 17.0 Å². The van der Waals surface area contributed by atoms with Crippen LogP contribution in [0.3, 0.4) is 0 Å². The number of methoxy groups -OCH3 is 1. The molecule has 1 amide bonds. The largest absolute Gasteiger partial charge is 0.493 e. The zero-order chi connectivity index (χ0) is 36.0. The molecule has 0 spiro atoms. The second kappa shape index (κ2) is 15.8. The van der Waals surface area contributed by atoms with Gasteiger partial charge in [-0.3, -0.25) is 4.68 Å². The summed E-state index contributed by atoms with van der Waals surface area (Å²) in [5.41, 5.74) is 3.88. The van der Waals surface area contributed by atoms with Crippen molar-refractivity contribution < 1.29 is 34.0 Å². The fourth-order valence-electron chi connectivity index (χ4n) is 6.56. The molecule has 0 saturated heterocycles. The molecule has 0 unspecified atom stereocenters. The van der Waals surface area contributed by atoms with Crippen molar-refractivity contribution in [1.82, 2.24) is 19.2 Å². The number of hydrogen-bond donors (Lipinski definition) is 2. The Hall–Kier alpha value is -4.87. The average molecular weight is 685 g/mol. The summed E-state index contributed by atoms with van der Waals surface area (Å²) in [6.45, 7) is 6.73. The number of aromatic carboxylic acids is 1. The van der Waals surface area contributed by atoms with E-state index in [-0.39, 0.29) is 18.9 Å². The van der Waals surface area contributed by atoms with Gasteiger partial charge in [0.2, 0.25) is 0 Å². The minimum Gasteiger partial charge on any atom is -0.493 e. The Morgan fingerprint density at radius 3 is 2.40 bits per heavy atom. The summed E-state index contributed by atoms with van der Waals surface area (Å²) in [7, 11) is 5.07. The van der Waals surface area contributed by atoms with E-state index in [1.54, 1.807) is 30.8 Å². The molecule has 5 rings (SSSR count). The Kier molecular flexibility index (Phi) is 11.5. The number of para-hydroxylation sites is 1. The van der Waals surface area contributed by atoms with Crippen molar-refractivity contribution in [3.8, 4) is 16.9 Å². The van der Waals surface area contributed by atoms with Crippen LogP contribution in [-0.2, 0) is 42.7 Å². The van der Waals surface area contributed by atoms with Gasteiger partial charge in [-0.05, 0) is 63.5 Å². The third-order valence-electron chi connectivity index (χ3n) is 8.74. The van der Waals surface area contributed by atoms with Crippen molar-refractivity contribution >= 4 is 33.7 Å². The lowest BCUT2D eigenvalue weighted by Gasteiger charge is -2.24. The predicted molar refractivity (Wildman–Crippen MR) is 194 cm³/mol. The number of unbranched alkanes of at least 4 members (excludes halogenated alkanes) is 1. The third kappa shape index (κ3) is 7.95. The van der Waals surface area contributed by atoms with Crippen LogP contribution in [0.4, 0.5) is 4.79 Å². The molecule has 0 aliphatic rings. The maximum absolute atomic E-state index is 13.1. The zero-order valence-corrected chi connectivity index (χ0v) is 29.9. The van der Waals surface area contributed by atoms with E-state index in [0.29, 0.717) is 56.8 Å². The molecule has 0 aliphatic heterocycles. The molecule has 0 bridgehead atoms. The lowest BCUT2D eigenvalue weighted by atomic mass is 9.98. The Labute approximate surface area is 293 Å². The highest BCUT2D eigenvalue weighted by molar-refractivity contribution is 6.04. The zero-order valence-electron chi connectivity index (χ0n) is 29.9. The number of aromatic nitrogens is 3. The number of aliphatic hydroxyl groups excluding tert-OH is 1. The fraction of sp³-hybridized carbons (Fsp3) is 0.410. The van der Waals surface area contributed by atoms with E-state index in [9.17, 15) is 19.8 Å². The summed E-state index contributed by atoms with van der Waals surface area (Å²) >= 11 is 0. The molecule has 0 atom stereocenters. The second-order valence-corrected chi connectivity index (χ2v) is 13.5. The molecule has 0 saturated carbocycles. The van der Waals surface area contributed by atoms with Crippen LogP contribution in [-0.4, -0.2) is 74.4 Å².